The smallest absolute Gasteiger partial charge is 0.241 e. The average Bonchev–Trinajstić information content (AvgIpc) is 3.22. The molecule has 2 aliphatic rings. The fraction of sp³-hybridized carbons (Fsp3) is 0.579. The minimum Gasteiger partial charge on any atom is -0.494 e. The summed E-state index contributed by atoms with van der Waals surface area (Å²) in [4.78, 5) is 9.49. The second-order valence-electron chi connectivity index (χ2n) is 7.23. The summed E-state index contributed by atoms with van der Waals surface area (Å²) in [6, 6.07) is 7.83. The topological polar surface area (TPSA) is 54.6 Å². The van der Waals surface area contributed by atoms with Gasteiger partial charge in [0.25, 0.3) is 0 Å². The van der Waals surface area contributed by atoms with Crippen molar-refractivity contribution in [2.24, 2.45) is 11.8 Å². The van der Waals surface area contributed by atoms with Gasteiger partial charge in [-0.3, -0.25) is 4.90 Å². The monoisotopic (exact) mass is 342 g/mol. The van der Waals surface area contributed by atoms with Gasteiger partial charge in [-0.25, -0.2) is 0 Å². The van der Waals surface area contributed by atoms with Crippen LogP contribution in [0.15, 0.2) is 28.8 Å². The average molecular weight is 342 g/mol. The van der Waals surface area contributed by atoms with Crippen LogP contribution < -0.4 is 4.74 Å². The first kappa shape index (κ1) is 16.5. The lowest BCUT2D eigenvalue weighted by molar-refractivity contribution is 0.178. The Bertz CT molecular complexity index is 700. The highest BCUT2D eigenvalue weighted by Gasteiger charge is 2.36. The van der Waals surface area contributed by atoms with Crippen molar-refractivity contribution < 1.29 is 9.26 Å². The number of hydrogen-bond donors (Lipinski definition) is 0. The molecular weight excluding hydrogens is 316 g/mol. The number of likely N-dealkylation sites (tertiary alicyclic amines) is 2. The van der Waals surface area contributed by atoms with Crippen molar-refractivity contribution in [2.45, 2.75) is 19.9 Å². The Morgan fingerprint density at radius 3 is 2.76 bits per heavy atom. The number of ether oxygens (including phenoxy) is 1. The fourth-order valence-corrected chi connectivity index (χ4v) is 4.07. The van der Waals surface area contributed by atoms with Gasteiger partial charge in [0.15, 0.2) is 0 Å². The van der Waals surface area contributed by atoms with E-state index in [9.17, 15) is 0 Å². The van der Waals surface area contributed by atoms with Crippen LogP contribution in [0, 0.1) is 11.8 Å². The lowest BCUT2D eigenvalue weighted by atomic mass is 9.89. The Hall–Kier alpha value is -1.92. The van der Waals surface area contributed by atoms with E-state index >= 15 is 0 Å². The molecule has 0 aliphatic carbocycles. The number of nitrogens with zero attached hydrogens (tertiary/aromatic N) is 4. The van der Waals surface area contributed by atoms with E-state index in [1.54, 1.807) is 0 Å². The van der Waals surface area contributed by atoms with Gasteiger partial charge in [-0.2, -0.15) is 4.98 Å². The molecule has 6 nitrogen and oxygen atoms in total. The van der Waals surface area contributed by atoms with Gasteiger partial charge in [0.05, 0.1) is 13.2 Å². The maximum absolute atomic E-state index is 5.49. The van der Waals surface area contributed by atoms with Gasteiger partial charge in [0.2, 0.25) is 11.7 Å². The van der Waals surface area contributed by atoms with Crippen LogP contribution in [0.5, 0.6) is 5.75 Å². The van der Waals surface area contributed by atoms with Gasteiger partial charge in [-0.15, -0.1) is 0 Å². The van der Waals surface area contributed by atoms with Crippen LogP contribution >= 0.6 is 0 Å². The van der Waals surface area contributed by atoms with Crippen LogP contribution in [0.4, 0.5) is 0 Å². The Morgan fingerprint density at radius 2 is 1.96 bits per heavy atom. The number of aromatic nitrogens is 2. The van der Waals surface area contributed by atoms with Crippen LogP contribution in [-0.4, -0.2) is 59.8 Å². The molecular formula is C19H26N4O2. The third-order valence-electron chi connectivity index (χ3n) is 5.33. The van der Waals surface area contributed by atoms with Gasteiger partial charge >= 0.3 is 0 Å². The molecule has 0 bridgehead atoms. The summed E-state index contributed by atoms with van der Waals surface area (Å²) in [5, 5.41) is 4.15. The van der Waals surface area contributed by atoms with Crippen LogP contribution in [0.25, 0.3) is 11.4 Å². The number of benzene rings is 1. The largest absolute Gasteiger partial charge is 0.494 e. The van der Waals surface area contributed by atoms with Crippen molar-refractivity contribution in [2.75, 3.05) is 39.8 Å². The van der Waals surface area contributed by atoms with Gasteiger partial charge < -0.3 is 14.2 Å². The molecule has 0 spiro atoms. The lowest BCUT2D eigenvalue weighted by Gasteiger charge is -2.31. The van der Waals surface area contributed by atoms with E-state index in [-0.39, 0.29) is 0 Å². The summed E-state index contributed by atoms with van der Waals surface area (Å²) in [6.45, 7) is 8.11. The molecule has 0 radical (unpaired) electrons. The first-order valence-electron chi connectivity index (χ1n) is 9.18. The van der Waals surface area contributed by atoms with E-state index in [0.29, 0.717) is 18.3 Å². The van der Waals surface area contributed by atoms with E-state index < -0.39 is 0 Å². The number of hydrogen-bond acceptors (Lipinski definition) is 6. The molecule has 2 aliphatic heterocycles. The van der Waals surface area contributed by atoms with E-state index in [2.05, 4.69) is 27.0 Å². The van der Waals surface area contributed by atoms with Crippen molar-refractivity contribution in [1.82, 2.24) is 19.9 Å². The number of rotatable bonds is 5. The van der Waals surface area contributed by atoms with E-state index in [1.807, 2.05) is 31.2 Å². The van der Waals surface area contributed by atoms with E-state index in [0.717, 1.165) is 42.8 Å². The minimum absolute atomic E-state index is 0.648. The highest BCUT2D eigenvalue weighted by molar-refractivity contribution is 5.55. The summed E-state index contributed by atoms with van der Waals surface area (Å²) in [6.07, 6.45) is 1.30. The second kappa shape index (κ2) is 7.14. The minimum atomic E-state index is 0.648. The Balaban J connectivity index is 1.38. The van der Waals surface area contributed by atoms with E-state index in [1.165, 1.54) is 19.5 Å². The van der Waals surface area contributed by atoms with Crippen molar-refractivity contribution in [1.29, 1.82) is 0 Å². The van der Waals surface area contributed by atoms with Gasteiger partial charge in [-0.1, -0.05) is 5.16 Å². The molecule has 134 valence electrons. The molecule has 0 unspecified atom stereocenters. The first-order valence-corrected chi connectivity index (χ1v) is 9.18. The summed E-state index contributed by atoms with van der Waals surface area (Å²) >= 11 is 0. The van der Waals surface area contributed by atoms with Gasteiger partial charge in [0.1, 0.15) is 5.75 Å². The molecule has 0 saturated carbocycles. The predicted molar refractivity (Wildman–Crippen MR) is 95.3 cm³/mol. The molecule has 2 saturated heterocycles. The van der Waals surface area contributed by atoms with Crippen molar-refractivity contribution in [3.63, 3.8) is 0 Å². The standard InChI is InChI=1S/C19H26N4O2/c1-3-24-17-6-4-14(5-7-17)19-20-18(25-21-19)13-23-11-15-8-9-22(2)10-16(15)12-23/h4-7,15-16H,3,8-13H2,1-2H3/t15-,16+/m0/s1. The van der Waals surface area contributed by atoms with E-state index in [4.69, 9.17) is 9.26 Å². The lowest BCUT2D eigenvalue weighted by Crippen LogP contribution is -2.37. The summed E-state index contributed by atoms with van der Waals surface area (Å²) in [5.74, 6) is 3.82. The predicted octanol–water partition coefficient (Wildman–Crippen LogP) is 2.52. The molecule has 1 aromatic heterocycles. The summed E-state index contributed by atoms with van der Waals surface area (Å²) in [5.41, 5.74) is 0.954. The highest BCUT2D eigenvalue weighted by atomic mass is 16.5. The van der Waals surface area contributed by atoms with Crippen LogP contribution in [0.1, 0.15) is 19.2 Å². The molecule has 1 aromatic carbocycles. The van der Waals surface area contributed by atoms with Crippen LogP contribution in [-0.2, 0) is 6.54 Å². The zero-order valence-electron chi connectivity index (χ0n) is 15.0. The maximum Gasteiger partial charge on any atom is 0.241 e. The molecule has 4 rings (SSSR count). The van der Waals surface area contributed by atoms with Crippen molar-refractivity contribution in [3.8, 4) is 17.1 Å². The van der Waals surface area contributed by atoms with Gasteiger partial charge in [0, 0.05) is 25.2 Å². The molecule has 0 N–H and O–H groups in total. The zero-order chi connectivity index (χ0) is 17.2. The molecule has 2 atom stereocenters. The molecule has 25 heavy (non-hydrogen) atoms. The van der Waals surface area contributed by atoms with Crippen molar-refractivity contribution >= 4 is 0 Å². The maximum atomic E-state index is 5.49. The third-order valence-corrected chi connectivity index (χ3v) is 5.33. The quantitative estimate of drug-likeness (QED) is 0.832. The second-order valence-corrected chi connectivity index (χ2v) is 7.23. The number of fused-ring (bicyclic) bond motifs is 1. The Morgan fingerprint density at radius 1 is 1.16 bits per heavy atom. The molecule has 3 heterocycles. The molecule has 2 aromatic rings. The summed E-state index contributed by atoms with van der Waals surface area (Å²) in [7, 11) is 2.22. The fourth-order valence-electron chi connectivity index (χ4n) is 4.07. The van der Waals surface area contributed by atoms with Gasteiger partial charge in [-0.05, 0) is 63.0 Å². The number of piperidine rings is 1. The highest BCUT2D eigenvalue weighted by Crippen LogP contribution is 2.31. The third kappa shape index (κ3) is 3.70. The van der Waals surface area contributed by atoms with Crippen molar-refractivity contribution in [3.05, 3.63) is 30.2 Å². The molecule has 2 fully saturated rings. The van der Waals surface area contributed by atoms with Crippen LogP contribution in [0.2, 0.25) is 0 Å². The SMILES string of the molecule is CCOc1ccc(-c2noc(CN3C[C@H]4CN(C)CC[C@H]4C3)n2)cc1. The van der Waals surface area contributed by atoms with Crippen LogP contribution in [0.3, 0.4) is 0 Å². The molecule has 0 amide bonds. The summed E-state index contributed by atoms with van der Waals surface area (Å²) < 4.78 is 11.0. The first-order chi connectivity index (χ1) is 12.2. The molecule has 6 heteroatoms. The zero-order valence-corrected chi connectivity index (χ0v) is 15.0. The Kier molecular flexibility index (Phi) is 4.72. The Labute approximate surface area is 148 Å². The normalized spacial score (nSPS) is 24.4.